The molecule has 1 atom stereocenters. The van der Waals surface area contributed by atoms with Crippen LogP contribution in [0.4, 0.5) is 0 Å². The molecular formula is C22H27NO9S3. The maximum Gasteiger partial charge on any atom is 0.341 e. The van der Waals surface area contributed by atoms with Gasteiger partial charge in [-0.2, -0.15) is 4.31 Å². The molecule has 13 heteroatoms. The van der Waals surface area contributed by atoms with Crippen LogP contribution in [0.1, 0.15) is 36.4 Å². The number of carbonyl (C=O) groups is 1. The molecule has 10 nitrogen and oxygen atoms in total. The number of sulfonamides is 1. The molecule has 0 heterocycles. The Balaban J connectivity index is 2.12. The number of nitrogens with zero attached hydrogens (tertiary/aromatic N) is 1. The summed E-state index contributed by atoms with van der Waals surface area (Å²) in [6, 6.07) is 7.23. The van der Waals surface area contributed by atoms with Crippen molar-refractivity contribution < 1.29 is 39.9 Å². The van der Waals surface area contributed by atoms with E-state index in [9.17, 15) is 30.0 Å². The third-order valence-electron chi connectivity index (χ3n) is 5.86. The second kappa shape index (κ2) is 9.88. The van der Waals surface area contributed by atoms with Crippen LogP contribution in [0, 0.1) is 0 Å². The van der Waals surface area contributed by atoms with Gasteiger partial charge in [0.25, 0.3) is 0 Å². The van der Waals surface area contributed by atoms with Crippen LogP contribution < -0.4 is 4.74 Å². The molecule has 3 rings (SSSR count). The van der Waals surface area contributed by atoms with Gasteiger partial charge in [-0.3, -0.25) is 0 Å². The molecule has 1 aliphatic carbocycles. The molecule has 0 saturated carbocycles. The second-order valence-corrected chi connectivity index (χ2v) is 14.5. The lowest BCUT2D eigenvalue weighted by molar-refractivity contribution is -0.139. The summed E-state index contributed by atoms with van der Waals surface area (Å²) in [5, 5.41) is 8.97. The second-order valence-electron chi connectivity index (χ2n) is 8.47. The van der Waals surface area contributed by atoms with E-state index in [1.807, 2.05) is 0 Å². The lowest BCUT2D eigenvalue weighted by Gasteiger charge is -2.29. The van der Waals surface area contributed by atoms with Crippen LogP contribution in [0.2, 0.25) is 0 Å². The van der Waals surface area contributed by atoms with Crippen LogP contribution in [0.25, 0.3) is 0 Å². The Morgan fingerprint density at radius 3 is 2.09 bits per heavy atom. The summed E-state index contributed by atoms with van der Waals surface area (Å²) >= 11 is 0. The van der Waals surface area contributed by atoms with Gasteiger partial charge in [0.15, 0.2) is 26.3 Å². The fraction of sp³-hybridized carbons (Fsp3) is 0.409. The van der Waals surface area contributed by atoms with Crippen molar-refractivity contribution in [3.63, 3.8) is 0 Å². The van der Waals surface area contributed by atoms with Gasteiger partial charge in [0.2, 0.25) is 10.0 Å². The molecule has 35 heavy (non-hydrogen) atoms. The summed E-state index contributed by atoms with van der Waals surface area (Å²) in [6.07, 6.45) is 4.17. The van der Waals surface area contributed by atoms with E-state index >= 15 is 0 Å². The molecule has 0 radical (unpaired) electrons. The van der Waals surface area contributed by atoms with E-state index in [1.54, 1.807) is 18.2 Å². The van der Waals surface area contributed by atoms with Crippen LogP contribution in [0.5, 0.6) is 5.75 Å². The highest BCUT2D eigenvalue weighted by Crippen LogP contribution is 2.39. The summed E-state index contributed by atoms with van der Waals surface area (Å²) in [5.74, 6) is -0.777. The van der Waals surface area contributed by atoms with E-state index < -0.39 is 63.0 Å². The number of sulfone groups is 2. The molecule has 192 valence electrons. The van der Waals surface area contributed by atoms with Gasteiger partial charge in [-0.1, -0.05) is 18.6 Å². The molecule has 1 N–H and O–H groups in total. The molecule has 1 aliphatic rings. The smallest absolute Gasteiger partial charge is 0.341 e. The molecule has 0 aliphatic heterocycles. The van der Waals surface area contributed by atoms with Gasteiger partial charge in [0.05, 0.1) is 20.7 Å². The minimum atomic E-state index is -4.33. The highest BCUT2D eigenvalue weighted by atomic mass is 32.2. The Kier molecular flexibility index (Phi) is 7.65. The number of carboxylic acid groups (broad SMARTS) is 1. The number of hydrogen-bond donors (Lipinski definition) is 1. The van der Waals surface area contributed by atoms with Crippen molar-refractivity contribution in [3.8, 4) is 5.75 Å². The molecule has 2 aromatic rings. The maximum absolute atomic E-state index is 13.6. The standard InChI is InChI=1S/C22H27NO9S3/c1-23(20-9-5-4-7-19-18(20)8-6-10-21(19)32-14-22(24)25)35(30,31)17-12-15(33(2,26)27)11-16(13-17)34(3,28)29/h6,8,10-13,20H,4-5,7,9,14H2,1-3H3,(H,24,25). The summed E-state index contributed by atoms with van der Waals surface area (Å²) in [4.78, 5) is 9.68. The van der Waals surface area contributed by atoms with Crippen LogP contribution >= 0.6 is 0 Å². The minimum absolute atomic E-state index is 0.362. The molecule has 0 spiro atoms. The zero-order chi connectivity index (χ0) is 26.2. The first-order chi connectivity index (χ1) is 16.1. The van der Waals surface area contributed by atoms with E-state index in [4.69, 9.17) is 9.84 Å². The van der Waals surface area contributed by atoms with Crippen molar-refractivity contribution in [1.82, 2.24) is 4.31 Å². The zero-order valence-corrected chi connectivity index (χ0v) is 21.9. The Labute approximate surface area is 205 Å². The van der Waals surface area contributed by atoms with Crippen LogP contribution in [0.3, 0.4) is 0 Å². The molecule has 0 fully saturated rings. The highest BCUT2D eigenvalue weighted by Gasteiger charge is 2.33. The van der Waals surface area contributed by atoms with E-state index in [0.29, 0.717) is 36.1 Å². The molecule has 2 aromatic carbocycles. The monoisotopic (exact) mass is 545 g/mol. The van der Waals surface area contributed by atoms with Gasteiger partial charge in [0, 0.05) is 19.6 Å². The van der Waals surface area contributed by atoms with Gasteiger partial charge in [-0.05, 0) is 54.7 Å². The number of aliphatic carboxylic acids is 1. The third kappa shape index (κ3) is 6.02. The van der Waals surface area contributed by atoms with E-state index in [2.05, 4.69) is 0 Å². The minimum Gasteiger partial charge on any atom is -0.482 e. The predicted molar refractivity (Wildman–Crippen MR) is 127 cm³/mol. The average molecular weight is 546 g/mol. The maximum atomic E-state index is 13.6. The molecule has 0 aromatic heterocycles. The largest absolute Gasteiger partial charge is 0.482 e. The molecule has 1 unspecified atom stereocenters. The van der Waals surface area contributed by atoms with Crippen LogP contribution in [-0.4, -0.2) is 66.8 Å². The fourth-order valence-corrected chi connectivity index (χ4v) is 7.09. The van der Waals surface area contributed by atoms with Gasteiger partial charge in [0.1, 0.15) is 5.75 Å². The van der Waals surface area contributed by atoms with Crippen molar-refractivity contribution >= 4 is 35.7 Å². The van der Waals surface area contributed by atoms with Gasteiger partial charge in [-0.25, -0.2) is 30.0 Å². The van der Waals surface area contributed by atoms with Gasteiger partial charge >= 0.3 is 5.97 Å². The Bertz CT molecular complexity index is 1410. The number of carboxylic acids is 1. The fourth-order valence-electron chi connectivity index (χ4n) is 4.07. The van der Waals surface area contributed by atoms with Crippen LogP contribution in [0.15, 0.2) is 51.1 Å². The zero-order valence-electron chi connectivity index (χ0n) is 19.5. The number of fused-ring (bicyclic) bond motifs is 1. The average Bonchev–Trinajstić information content (AvgIpc) is 2.98. The van der Waals surface area contributed by atoms with Crippen molar-refractivity contribution in [2.45, 2.75) is 46.4 Å². The first kappa shape index (κ1) is 27.1. The van der Waals surface area contributed by atoms with E-state index in [-0.39, 0.29) is 0 Å². The first-order valence-corrected chi connectivity index (χ1v) is 15.8. The normalized spacial score (nSPS) is 17.0. The Morgan fingerprint density at radius 1 is 0.971 bits per heavy atom. The first-order valence-electron chi connectivity index (χ1n) is 10.6. The molecular weight excluding hydrogens is 518 g/mol. The predicted octanol–water partition coefficient (Wildman–Crippen LogP) is 2.05. The topological polar surface area (TPSA) is 152 Å². The quantitative estimate of drug-likeness (QED) is 0.491. The Morgan fingerprint density at radius 2 is 1.54 bits per heavy atom. The van der Waals surface area contributed by atoms with Gasteiger partial charge in [-0.15, -0.1) is 0 Å². The lowest BCUT2D eigenvalue weighted by Crippen LogP contribution is -2.32. The van der Waals surface area contributed by atoms with Crippen LogP contribution in [-0.2, 0) is 40.9 Å². The molecule has 0 amide bonds. The van der Waals surface area contributed by atoms with Crippen molar-refractivity contribution in [1.29, 1.82) is 0 Å². The SMILES string of the molecule is CN(C1CCCCc2c(OCC(=O)O)cccc21)S(=O)(=O)c1cc(S(C)(=O)=O)cc(S(C)(=O)=O)c1. The summed E-state index contributed by atoms with van der Waals surface area (Å²) in [7, 11) is -10.8. The van der Waals surface area contributed by atoms with Crippen molar-refractivity contribution in [2.24, 2.45) is 0 Å². The van der Waals surface area contributed by atoms with Crippen molar-refractivity contribution in [3.05, 3.63) is 47.5 Å². The van der Waals surface area contributed by atoms with Crippen molar-refractivity contribution in [2.75, 3.05) is 26.2 Å². The number of rotatable bonds is 8. The Hall–Kier alpha value is -2.48. The molecule has 0 bridgehead atoms. The third-order valence-corrected chi connectivity index (χ3v) is 9.89. The number of hydrogen-bond acceptors (Lipinski definition) is 8. The summed E-state index contributed by atoms with van der Waals surface area (Å²) < 4.78 is 82.4. The lowest BCUT2D eigenvalue weighted by atomic mass is 9.98. The highest BCUT2D eigenvalue weighted by molar-refractivity contribution is 7.92. The van der Waals surface area contributed by atoms with E-state index in [1.165, 1.54) is 7.05 Å². The number of ether oxygens (including phenoxy) is 1. The van der Waals surface area contributed by atoms with Gasteiger partial charge < -0.3 is 9.84 Å². The van der Waals surface area contributed by atoms with E-state index in [0.717, 1.165) is 41.4 Å². The summed E-state index contributed by atoms with van der Waals surface area (Å²) in [6.45, 7) is -0.540. The molecule has 0 saturated heterocycles. The summed E-state index contributed by atoms with van der Waals surface area (Å²) in [5.41, 5.74) is 1.36. The number of benzene rings is 2.